The molecular weight excluding hydrogens is 948 g/mol. The lowest BCUT2D eigenvalue weighted by atomic mass is 10.0. The van der Waals surface area contributed by atoms with E-state index in [4.69, 9.17) is 9.05 Å². The highest BCUT2D eigenvalue weighted by Crippen LogP contribution is 2.38. The Kier molecular flexibility index (Phi) is 55.5. The minimum atomic E-state index is -4.61. The van der Waals surface area contributed by atoms with Gasteiger partial charge in [0, 0.05) is 6.42 Å². The molecule has 3 atom stereocenters. The summed E-state index contributed by atoms with van der Waals surface area (Å²) in [7, 11) is 1.24. The summed E-state index contributed by atoms with van der Waals surface area (Å²) < 4.78 is 23.4. The molecule has 0 saturated heterocycles. The Balaban J connectivity index is 4.04. The Morgan fingerprint density at radius 1 is 0.467 bits per heavy atom. The van der Waals surface area contributed by atoms with E-state index in [9.17, 15) is 19.4 Å². The lowest BCUT2D eigenvalue weighted by molar-refractivity contribution is -0.870. The van der Waals surface area contributed by atoms with Crippen molar-refractivity contribution in [1.29, 1.82) is 0 Å². The van der Waals surface area contributed by atoms with Gasteiger partial charge in [0.1, 0.15) is 13.2 Å². The van der Waals surface area contributed by atoms with Crippen molar-refractivity contribution < 1.29 is 32.9 Å². The van der Waals surface area contributed by atoms with Gasteiger partial charge in [-0.2, -0.15) is 0 Å². The number of nitrogens with one attached hydrogen (secondary N) is 1. The fraction of sp³-hybridized carbons (Fsp3) is 0.833. The van der Waals surface area contributed by atoms with Gasteiger partial charge < -0.3 is 28.8 Å². The number of phosphoric acid groups is 1. The number of carbonyl (C=O) groups is 1. The van der Waals surface area contributed by atoms with Crippen molar-refractivity contribution in [1.82, 2.24) is 5.32 Å². The van der Waals surface area contributed by atoms with Crippen LogP contribution in [0.2, 0.25) is 0 Å². The number of allylic oxidation sites excluding steroid dienone is 9. The second-order valence-electron chi connectivity index (χ2n) is 23.1. The Hall–Kier alpha value is -1.80. The molecule has 0 fully saturated rings. The molecule has 0 heterocycles. The molecular formula is C66H125N2O6P. The number of phosphoric ester groups is 1. The Morgan fingerprint density at radius 2 is 0.787 bits per heavy atom. The first-order chi connectivity index (χ1) is 36.5. The van der Waals surface area contributed by atoms with E-state index in [1.807, 2.05) is 27.2 Å². The molecule has 0 bridgehead atoms. The van der Waals surface area contributed by atoms with Crippen LogP contribution in [0.25, 0.3) is 0 Å². The maximum Gasteiger partial charge on any atom is 0.268 e. The molecule has 1 amide bonds. The summed E-state index contributed by atoms with van der Waals surface area (Å²) in [5.74, 6) is -0.207. The van der Waals surface area contributed by atoms with Crippen LogP contribution in [-0.2, 0) is 18.4 Å². The summed E-state index contributed by atoms with van der Waals surface area (Å²) in [6.07, 6.45) is 77.6. The molecule has 0 aromatic carbocycles. The molecule has 2 N–H and O–H groups in total. The third-order valence-electron chi connectivity index (χ3n) is 14.4. The van der Waals surface area contributed by atoms with Crippen LogP contribution in [0.5, 0.6) is 0 Å². The Morgan fingerprint density at radius 3 is 1.16 bits per heavy atom. The fourth-order valence-electron chi connectivity index (χ4n) is 9.39. The molecule has 0 saturated carbocycles. The van der Waals surface area contributed by atoms with Crippen LogP contribution in [0.4, 0.5) is 0 Å². The smallest absolute Gasteiger partial charge is 0.268 e. The van der Waals surface area contributed by atoms with E-state index in [0.29, 0.717) is 17.4 Å². The molecule has 0 spiro atoms. The first-order valence-electron chi connectivity index (χ1n) is 32.2. The van der Waals surface area contributed by atoms with Crippen LogP contribution < -0.4 is 10.2 Å². The van der Waals surface area contributed by atoms with Crippen molar-refractivity contribution in [2.45, 2.75) is 315 Å². The minimum Gasteiger partial charge on any atom is -0.756 e. The second-order valence-corrected chi connectivity index (χ2v) is 24.5. The van der Waals surface area contributed by atoms with Crippen molar-refractivity contribution in [3.8, 4) is 0 Å². The molecule has 0 rings (SSSR count). The number of quaternary nitrogens is 1. The summed E-state index contributed by atoms with van der Waals surface area (Å²) in [4.78, 5) is 25.5. The van der Waals surface area contributed by atoms with Crippen molar-refractivity contribution in [2.75, 3.05) is 40.9 Å². The number of hydrogen-bond acceptors (Lipinski definition) is 6. The van der Waals surface area contributed by atoms with Crippen LogP contribution in [0.15, 0.2) is 60.8 Å². The molecule has 8 nitrogen and oxygen atoms in total. The van der Waals surface area contributed by atoms with E-state index in [1.54, 1.807) is 6.08 Å². The van der Waals surface area contributed by atoms with Crippen molar-refractivity contribution >= 4 is 13.7 Å². The summed E-state index contributed by atoms with van der Waals surface area (Å²) in [5, 5.41) is 13.9. The molecule has 9 heteroatoms. The van der Waals surface area contributed by atoms with Crippen LogP contribution >= 0.6 is 7.82 Å². The summed E-state index contributed by atoms with van der Waals surface area (Å²) in [6, 6.07) is -0.910. The molecule has 0 radical (unpaired) electrons. The maximum absolute atomic E-state index is 13.0. The number of rotatable bonds is 59. The summed E-state index contributed by atoms with van der Waals surface area (Å²) >= 11 is 0. The van der Waals surface area contributed by atoms with Gasteiger partial charge in [-0.3, -0.25) is 9.36 Å². The minimum absolute atomic E-state index is 0.00887. The van der Waals surface area contributed by atoms with Crippen LogP contribution in [0.1, 0.15) is 303 Å². The molecule has 3 unspecified atom stereocenters. The van der Waals surface area contributed by atoms with Crippen molar-refractivity contribution in [2.24, 2.45) is 0 Å². The van der Waals surface area contributed by atoms with Gasteiger partial charge in [0.05, 0.1) is 39.9 Å². The number of unbranched alkanes of at least 4 members (excludes halogenated alkanes) is 38. The van der Waals surface area contributed by atoms with Gasteiger partial charge in [-0.15, -0.1) is 0 Å². The quantitative estimate of drug-likeness (QED) is 0.0272. The predicted molar refractivity (Wildman–Crippen MR) is 325 cm³/mol. The molecule has 0 aliphatic carbocycles. The van der Waals surface area contributed by atoms with Gasteiger partial charge >= 0.3 is 0 Å². The number of aliphatic hydroxyl groups is 1. The molecule has 0 aliphatic heterocycles. The van der Waals surface area contributed by atoms with Crippen molar-refractivity contribution in [3.63, 3.8) is 0 Å². The number of amides is 1. The number of nitrogens with zero attached hydrogens (tertiary/aromatic N) is 1. The number of hydrogen-bond donors (Lipinski definition) is 2. The maximum atomic E-state index is 13.0. The lowest BCUT2D eigenvalue weighted by Crippen LogP contribution is -2.45. The fourth-order valence-corrected chi connectivity index (χ4v) is 10.1. The van der Waals surface area contributed by atoms with Gasteiger partial charge in [0.15, 0.2) is 0 Å². The topological polar surface area (TPSA) is 108 Å². The largest absolute Gasteiger partial charge is 0.756 e. The highest BCUT2D eigenvalue weighted by molar-refractivity contribution is 7.45. The summed E-state index contributed by atoms with van der Waals surface area (Å²) in [5.41, 5.74) is 0. The number of likely N-dealkylation sites (N-methyl/N-ethyl adjacent to an activating group) is 1. The molecule has 0 aliphatic rings. The monoisotopic (exact) mass is 1070 g/mol. The van der Waals surface area contributed by atoms with Gasteiger partial charge in [-0.25, -0.2) is 0 Å². The summed E-state index contributed by atoms with van der Waals surface area (Å²) in [6.45, 7) is 4.63. The molecule has 440 valence electrons. The normalized spacial score (nSPS) is 14.2. The van der Waals surface area contributed by atoms with Crippen LogP contribution in [-0.4, -0.2) is 68.5 Å². The van der Waals surface area contributed by atoms with E-state index < -0.39 is 26.6 Å². The van der Waals surface area contributed by atoms with Crippen molar-refractivity contribution in [3.05, 3.63) is 60.8 Å². The standard InChI is InChI=1S/C66H125N2O6P/c1-6-8-10-12-14-16-18-20-22-24-26-27-28-29-30-31-32-33-34-35-36-37-38-39-40-41-42-44-46-48-50-52-54-56-58-60-66(70)67-64(63-74-75(71,72)73-62-61-68(3,4)5)65(69)59-57-55-53-51-49-47-45-43-25-23-21-19-17-15-13-11-9-7-2/h18,20,24-26,43,49,51,57,59,64-65,69H,6-17,19,21-23,27-42,44-48,50,52-56,58,60-63H2,1-5H3,(H-,67,70,71,72)/b20-18-,26-24-,43-25+,51-49+,59-57+. The van der Waals surface area contributed by atoms with Gasteiger partial charge in [0.25, 0.3) is 7.82 Å². The van der Waals surface area contributed by atoms with Gasteiger partial charge in [-0.05, 0) is 77.0 Å². The van der Waals surface area contributed by atoms with Crippen LogP contribution in [0, 0.1) is 0 Å². The zero-order chi connectivity index (χ0) is 54.9. The zero-order valence-electron chi connectivity index (χ0n) is 50.3. The first kappa shape index (κ1) is 73.2. The Bertz CT molecular complexity index is 1400. The van der Waals surface area contributed by atoms with Gasteiger partial charge in [0.2, 0.25) is 5.91 Å². The first-order valence-corrected chi connectivity index (χ1v) is 33.6. The highest BCUT2D eigenvalue weighted by atomic mass is 31.2. The lowest BCUT2D eigenvalue weighted by Gasteiger charge is -2.29. The number of aliphatic hydroxyl groups excluding tert-OH is 1. The second kappa shape index (κ2) is 56.9. The highest BCUT2D eigenvalue weighted by Gasteiger charge is 2.23. The average molecular weight is 1070 g/mol. The van der Waals surface area contributed by atoms with Gasteiger partial charge in [-0.1, -0.05) is 280 Å². The number of carbonyl (C=O) groups excluding carboxylic acids is 1. The van der Waals surface area contributed by atoms with Crippen LogP contribution in [0.3, 0.4) is 0 Å². The molecule has 0 aromatic heterocycles. The predicted octanol–water partition coefficient (Wildman–Crippen LogP) is 19.4. The zero-order valence-corrected chi connectivity index (χ0v) is 51.1. The molecule has 75 heavy (non-hydrogen) atoms. The Labute approximate surface area is 466 Å². The van der Waals surface area contributed by atoms with E-state index >= 15 is 0 Å². The van der Waals surface area contributed by atoms with E-state index in [-0.39, 0.29) is 12.5 Å². The molecule has 0 aromatic rings. The van der Waals surface area contributed by atoms with E-state index in [0.717, 1.165) is 51.4 Å². The third-order valence-corrected chi connectivity index (χ3v) is 15.4. The van der Waals surface area contributed by atoms with E-state index in [1.165, 1.54) is 231 Å². The SMILES string of the molecule is CCCCCCC/C=C\C/C=C\CCCCCCCCCCCCCCCCCCCCCCCCCC(=O)NC(COP(=O)([O-])OCC[N+](C)(C)C)C(O)/C=C/CC/C=C/CC/C=C/CCCCCCCCCC. The van der Waals surface area contributed by atoms with E-state index in [2.05, 4.69) is 67.8 Å². The third kappa shape index (κ3) is 59.7. The average Bonchev–Trinajstić information content (AvgIpc) is 3.37.